The quantitative estimate of drug-likeness (QED) is 0.535. The van der Waals surface area contributed by atoms with E-state index in [0.29, 0.717) is 17.0 Å². The molecule has 124 valence electrons. The van der Waals surface area contributed by atoms with Crippen LogP contribution in [-0.2, 0) is 0 Å². The van der Waals surface area contributed by atoms with Crippen molar-refractivity contribution < 1.29 is 14.0 Å². The number of benzene rings is 2. The lowest BCUT2D eigenvalue weighted by molar-refractivity contribution is 0.0994. The molecule has 0 aliphatic carbocycles. The van der Waals surface area contributed by atoms with Gasteiger partial charge in [0, 0.05) is 28.9 Å². The summed E-state index contributed by atoms with van der Waals surface area (Å²) in [7, 11) is 0. The van der Waals surface area contributed by atoms with Gasteiger partial charge in [-0.3, -0.25) is 9.59 Å². The van der Waals surface area contributed by atoms with Crippen LogP contribution in [0.4, 0.5) is 5.69 Å². The number of ketones is 1. The molecule has 0 atom stereocenters. The summed E-state index contributed by atoms with van der Waals surface area (Å²) in [6, 6.07) is 14.8. The average Bonchev–Trinajstić information content (AvgIpc) is 3.17. The minimum atomic E-state index is -0.310. The number of aromatic amines is 1. The number of fused-ring (bicyclic) bond motifs is 2. The van der Waals surface area contributed by atoms with Crippen LogP contribution in [0.2, 0.25) is 0 Å². The van der Waals surface area contributed by atoms with Crippen LogP contribution in [-0.4, -0.2) is 16.7 Å². The van der Waals surface area contributed by atoms with Crippen LogP contribution in [0.5, 0.6) is 0 Å². The fourth-order valence-electron chi connectivity index (χ4n) is 2.84. The number of amides is 1. The van der Waals surface area contributed by atoms with Crippen LogP contribution in [0.3, 0.4) is 0 Å². The maximum Gasteiger partial charge on any atom is 0.291 e. The Hall–Kier alpha value is -3.34. The minimum Gasteiger partial charge on any atom is -0.451 e. The first-order valence-electron chi connectivity index (χ1n) is 7.95. The highest BCUT2D eigenvalue weighted by Crippen LogP contribution is 2.23. The van der Waals surface area contributed by atoms with E-state index in [1.165, 1.54) is 6.92 Å². The van der Waals surface area contributed by atoms with Crippen LogP contribution in [0.15, 0.2) is 52.9 Å². The molecular weight excluding hydrogens is 316 g/mol. The summed E-state index contributed by atoms with van der Waals surface area (Å²) in [5.74, 6) is -0.0749. The van der Waals surface area contributed by atoms with Gasteiger partial charge in [-0.1, -0.05) is 12.1 Å². The van der Waals surface area contributed by atoms with Gasteiger partial charge < -0.3 is 14.7 Å². The molecule has 0 radical (unpaired) electrons. The first-order valence-corrected chi connectivity index (χ1v) is 7.95. The van der Waals surface area contributed by atoms with Crippen molar-refractivity contribution >= 4 is 39.2 Å². The molecule has 0 saturated carbocycles. The van der Waals surface area contributed by atoms with Crippen molar-refractivity contribution in [2.75, 3.05) is 5.32 Å². The summed E-state index contributed by atoms with van der Waals surface area (Å²) < 4.78 is 5.64. The van der Waals surface area contributed by atoms with Crippen molar-refractivity contribution in [2.45, 2.75) is 13.8 Å². The minimum absolute atomic E-state index is 0.0284. The molecular formula is C20H16N2O3. The molecule has 2 aromatic heterocycles. The summed E-state index contributed by atoms with van der Waals surface area (Å²) in [4.78, 5) is 27.0. The van der Waals surface area contributed by atoms with Gasteiger partial charge >= 0.3 is 0 Å². The van der Waals surface area contributed by atoms with Crippen molar-refractivity contribution in [3.05, 3.63) is 65.5 Å². The van der Waals surface area contributed by atoms with Crippen molar-refractivity contribution in [1.82, 2.24) is 4.98 Å². The second-order valence-electron chi connectivity index (χ2n) is 6.15. The van der Waals surface area contributed by atoms with Crippen molar-refractivity contribution in [3.63, 3.8) is 0 Å². The molecule has 2 aromatic carbocycles. The van der Waals surface area contributed by atoms with Crippen LogP contribution in [0.1, 0.15) is 33.5 Å². The molecule has 2 heterocycles. The van der Waals surface area contributed by atoms with Gasteiger partial charge in [-0.25, -0.2) is 0 Å². The van der Waals surface area contributed by atoms with Gasteiger partial charge in [-0.05, 0) is 48.9 Å². The Morgan fingerprint density at radius 1 is 1.00 bits per heavy atom. The zero-order valence-corrected chi connectivity index (χ0v) is 13.8. The molecule has 25 heavy (non-hydrogen) atoms. The normalized spacial score (nSPS) is 11.1. The number of H-pyrrole nitrogens is 1. The van der Waals surface area contributed by atoms with Crippen molar-refractivity contribution in [1.29, 1.82) is 0 Å². The highest BCUT2D eigenvalue weighted by atomic mass is 16.3. The second kappa shape index (κ2) is 5.63. The topological polar surface area (TPSA) is 75.1 Å². The standard InChI is InChI=1S/C20H16N2O3/c1-11-3-4-13-10-19(25-18(13)7-11)20(24)21-15-5-6-16-14(8-15)9-17(22-16)12(2)23/h3-10,22H,1-2H3,(H,21,24). The van der Waals surface area contributed by atoms with E-state index in [0.717, 1.165) is 21.9 Å². The first kappa shape index (κ1) is 15.2. The molecule has 0 bridgehead atoms. The molecule has 0 spiro atoms. The molecule has 2 N–H and O–H groups in total. The van der Waals surface area contributed by atoms with Gasteiger partial charge in [0.25, 0.3) is 5.91 Å². The van der Waals surface area contributed by atoms with Gasteiger partial charge in [0.1, 0.15) is 5.58 Å². The first-order chi connectivity index (χ1) is 12.0. The summed E-state index contributed by atoms with van der Waals surface area (Å²) >= 11 is 0. The lowest BCUT2D eigenvalue weighted by atomic mass is 10.2. The number of hydrogen-bond donors (Lipinski definition) is 2. The predicted octanol–water partition coefficient (Wildman–Crippen LogP) is 4.68. The number of aromatic nitrogens is 1. The van der Waals surface area contributed by atoms with E-state index in [2.05, 4.69) is 10.3 Å². The van der Waals surface area contributed by atoms with Gasteiger partial charge in [0.15, 0.2) is 11.5 Å². The summed E-state index contributed by atoms with van der Waals surface area (Å²) in [6.07, 6.45) is 0. The van der Waals surface area contributed by atoms with Crippen LogP contribution >= 0.6 is 0 Å². The van der Waals surface area contributed by atoms with Crippen molar-refractivity contribution in [3.8, 4) is 0 Å². The SMILES string of the molecule is CC(=O)c1cc2cc(NC(=O)c3cc4ccc(C)cc4o3)ccc2[nH]1. The van der Waals surface area contributed by atoms with Gasteiger partial charge in [-0.2, -0.15) is 0 Å². The largest absolute Gasteiger partial charge is 0.451 e. The number of aryl methyl sites for hydroxylation is 1. The third-order valence-electron chi connectivity index (χ3n) is 4.16. The molecule has 5 heteroatoms. The summed E-state index contributed by atoms with van der Waals surface area (Å²) in [5.41, 5.74) is 3.81. The third-order valence-corrected chi connectivity index (χ3v) is 4.16. The molecule has 0 aliphatic rings. The molecule has 1 amide bonds. The van der Waals surface area contributed by atoms with Crippen molar-refractivity contribution in [2.24, 2.45) is 0 Å². The summed E-state index contributed by atoms with van der Waals surface area (Å²) in [5, 5.41) is 4.59. The van der Waals surface area contributed by atoms with E-state index in [1.54, 1.807) is 18.2 Å². The van der Waals surface area contributed by atoms with E-state index in [-0.39, 0.29) is 17.5 Å². The zero-order chi connectivity index (χ0) is 17.6. The second-order valence-corrected chi connectivity index (χ2v) is 6.15. The van der Waals surface area contributed by atoms with Gasteiger partial charge in [-0.15, -0.1) is 0 Å². The molecule has 0 unspecified atom stereocenters. The van der Waals surface area contributed by atoms with E-state index < -0.39 is 0 Å². The molecule has 0 aliphatic heterocycles. The van der Waals surface area contributed by atoms with E-state index in [4.69, 9.17) is 4.42 Å². The fourth-order valence-corrected chi connectivity index (χ4v) is 2.84. The van der Waals surface area contributed by atoms with E-state index >= 15 is 0 Å². The number of anilines is 1. The van der Waals surface area contributed by atoms with E-state index in [9.17, 15) is 9.59 Å². The number of hydrogen-bond acceptors (Lipinski definition) is 3. The van der Waals surface area contributed by atoms with Crippen LogP contribution < -0.4 is 5.32 Å². The predicted molar refractivity (Wildman–Crippen MR) is 97.2 cm³/mol. The molecule has 4 rings (SSSR count). The highest BCUT2D eigenvalue weighted by molar-refractivity contribution is 6.06. The molecule has 5 nitrogen and oxygen atoms in total. The summed E-state index contributed by atoms with van der Waals surface area (Å²) in [6.45, 7) is 3.49. The number of carbonyl (C=O) groups is 2. The van der Waals surface area contributed by atoms with Crippen LogP contribution in [0.25, 0.3) is 21.9 Å². The maximum absolute atomic E-state index is 12.5. The Morgan fingerprint density at radius 3 is 2.64 bits per heavy atom. The molecule has 0 saturated heterocycles. The number of furan rings is 1. The van der Waals surface area contributed by atoms with Crippen LogP contribution in [0, 0.1) is 6.92 Å². The molecule has 0 fully saturated rings. The average molecular weight is 332 g/mol. The lowest BCUT2D eigenvalue weighted by Crippen LogP contribution is -2.10. The van der Waals surface area contributed by atoms with Gasteiger partial charge in [0.2, 0.25) is 0 Å². The fraction of sp³-hybridized carbons (Fsp3) is 0.100. The smallest absolute Gasteiger partial charge is 0.291 e. The number of Topliss-reactive ketones (excluding diaryl/α,β-unsaturated/α-hetero) is 1. The van der Waals surface area contributed by atoms with Gasteiger partial charge in [0.05, 0.1) is 5.69 Å². The Kier molecular flexibility index (Phi) is 3.42. The molecule has 4 aromatic rings. The monoisotopic (exact) mass is 332 g/mol. The third kappa shape index (κ3) is 2.80. The lowest BCUT2D eigenvalue weighted by Gasteiger charge is -2.03. The number of carbonyl (C=O) groups excluding carboxylic acids is 2. The Morgan fingerprint density at radius 2 is 1.84 bits per heavy atom. The number of rotatable bonds is 3. The Bertz CT molecular complexity index is 1130. The zero-order valence-electron chi connectivity index (χ0n) is 13.8. The highest BCUT2D eigenvalue weighted by Gasteiger charge is 2.13. The van der Waals surface area contributed by atoms with E-state index in [1.807, 2.05) is 37.3 Å². The Balaban J connectivity index is 1.62. The number of nitrogens with one attached hydrogen (secondary N) is 2. The Labute approximate surface area is 143 Å². The maximum atomic E-state index is 12.5.